The van der Waals surface area contributed by atoms with Crippen molar-refractivity contribution in [2.75, 3.05) is 17.3 Å². The molecule has 1 atom stereocenters. The maximum absolute atomic E-state index is 12.1. The molecule has 8 heteroatoms. The molecule has 2 rings (SSSR count). The van der Waals surface area contributed by atoms with E-state index in [9.17, 15) is 13.2 Å². The number of nitrogens with two attached hydrogens (primary N) is 1. The van der Waals surface area contributed by atoms with Crippen molar-refractivity contribution in [2.24, 2.45) is 5.73 Å². The third-order valence-corrected chi connectivity index (χ3v) is 4.62. The average molecular weight is 374 g/mol. The summed E-state index contributed by atoms with van der Waals surface area (Å²) >= 11 is 0. The second kappa shape index (κ2) is 8.50. The second-order valence-electron chi connectivity index (χ2n) is 5.80. The number of anilines is 1. The van der Waals surface area contributed by atoms with Crippen LogP contribution >= 0.6 is 12.4 Å². The van der Waals surface area contributed by atoms with Gasteiger partial charge in [-0.25, -0.2) is 8.42 Å². The number of halogens is 1. The zero-order chi connectivity index (χ0) is 17.0. The smallest absolute Gasteiger partial charge is 0.241 e. The summed E-state index contributed by atoms with van der Waals surface area (Å²) in [6, 6.07) is 6.86. The van der Waals surface area contributed by atoms with Crippen LogP contribution in [0.15, 0.2) is 30.5 Å². The van der Waals surface area contributed by atoms with Gasteiger partial charge in [-0.05, 0) is 36.4 Å². The molecule has 2 aromatic rings. The van der Waals surface area contributed by atoms with Crippen molar-refractivity contribution in [3.8, 4) is 0 Å². The molecular weight excluding hydrogens is 350 g/mol. The molecule has 0 saturated heterocycles. The second-order valence-corrected chi connectivity index (χ2v) is 8.06. The van der Waals surface area contributed by atoms with E-state index in [2.05, 4.69) is 16.8 Å². The topological polar surface area (TPSA) is 94.2 Å². The number of nitrogens with one attached hydrogen (secondary N) is 1. The summed E-state index contributed by atoms with van der Waals surface area (Å²) < 4.78 is 24.4. The molecule has 3 N–H and O–H groups in total. The Labute approximate surface area is 148 Å². The Morgan fingerprint density at radius 1 is 1.33 bits per heavy atom. The Bertz CT molecular complexity index is 802. The molecule has 1 aromatic heterocycles. The number of hydrogen-bond donors (Lipinski definition) is 2. The Balaban J connectivity index is 0.00000288. The van der Waals surface area contributed by atoms with Crippen LogP contribution in [0.1, 0.15) is 19.8 Å². The molecule has 0 aliphatic carbocycles. The standard InChI is InChI=1S/C16H23N3O3S.ClH/c1-3-8-19-9-6-12-4-5-13(11-15(12)19)18-16(20)14(17)7-10-23(2,21)22;/h4-6,9,11,14H,3,7-8,10,17H2,1-2H3,(H,18,20);1H. The van der Waals surface area contributed by atoms with Crippen LogP contribution in [-0.2, 0) is 21.2 Å². The minimum Gasteiger partial charge on any atom is -0.347 e. The van der Waals surface area contributed by atoms with Gasteiger partial charge < -0.3 is 15.6 Å². The lowest BCUT2D eigenvalue weighted by Gasteiger charge is -2.12. The van der Waals surface area contributed by atoms with Crippen LogP contribution < -0.4 is 11.1 Å². The molecule has 1 unspecified atom stereocenters. The minimum absolute atomic E-state index is 0. The van der Waals surface area contributed by atoms with Crippen molar-refractivity contribution in [1.82, 2.24) is 4.57 Å². The van der Waals surface area contributed by atoms with Crippen molar-refractivity contribution < 1.29 is 13.2 Å². The fourth-order valence-electron chi connectivity index (χ4n) is 2.40. The number of aryl methyl sites for hydroxylation is 1. The number of aromatic nitrogens is 1. The van der Waals surface area contributed by atoms with Gasteiger partial charge in [0.2, 0.25) is 5.91 Å². The van der Waals surface area contributed by atoms with E-state index in [1.165, 1.54) is 0 Å². The lowest BCUT2D eigenvalue weighted by Crippen LogP contribution is -2.37. The molecule has 0 radical (unpaired) electrons. The predicted octanol–water partition coefficient (Wildman–Crippen LogP) is 2.17. The number of hydrogen-bond acceptors (Lipinski definition) is 4. The Kier molecular flexibility index (Phi) is 7.26. The third kappa shape index (κ3) is 5.51. The van der Waals surface area contributed by atoms with Crippen LogP contribution in [-0.4, -0.2) is 36.9 Å². The summed E-state index contributed by atoms with van der Waals surface area (Å²) in [5.41, 5.74) is 7.47. The largest absolute Gasteiger partial charge is 0.347 e. The van der Waals surface area contributed by atoms with E-state index >= 15 is 0 Å². The highest BCUT2D eigenvalue weighted by Gasteiger charge is 2.16. The van der Waals surface area contributed by atoms with Crippen molar-refractivity contribution in [3.05, 3.63) is 30.5 Å². The van der Waals surface area contributed by atoms with Crippen molar-refractivity contribution >= 4 is 44.7 Å². The number of nitrogens with zero attached hydrogens (tertiary/aromatic N) is 1. The van der Waals surface area contributed by atoms with Gasteiger partial charge in [0, 0.05) is 24.7 Å². The fraction of sp³-hybridized carbons (Fsp3) is 0.438. The fourth-order valence-corrected chi connectivity index (χ4v) is 3.09. The molecular formula is C16H24ClN3O3S. The first-order valence-electron chi connectivity index (χ1n) is 7.63. The molecule has 24 heavy (non-hydrogen) atoms. The van der Waals surface area contributed by atoms with Gasteiger partial charge in [-0.1, -0.05) is 13.0 Å². The predicted molar refractivity (Wildman–Crippen MR) is 100 cm³/mol. The van der Waals surface area contributed by atoms with Crippen molar-refractivity contribution in [3.63, 3.8) is 0 Å². The molecule has 0 saturated carbocycles. The van der Waals surface area contributed by atoms with Gasteiger partial charge >= 0.3 is 0 Å². The molecule has 0 aliphatic rings. The summed E-state index contributed by atoms with van der Waals surface area (Å²) in [5, 5.41) is 3.87. The monoisotopic (exact) mass is 373 g/mol. The number of carbonyl (C=O) groups excluding carboxylic acids is 1. The maximum atomic E-state index is 12.1. The Morgan fingerprint density at radius 2 is 2.04 bits per heavy atom. The zero-order valence-electron chi connectivity index (χ0n) is 13.9. The first kappa shape index (κ1) is 20.5. The molecule has 134 valence electrons. The van der Waals surface area contributed by atoms with Gasteiger partial charge in [0.15, 0.2) is 0 Å². The van der Waals surface area contributed by atoms with Crippen LogP contribution in [0.4, 0.5) is 5.69 Å². The van der Waals surface area contributed by atoms with Gasteiger partial charge in [-0.2, -0.15) is 0 Å². The number of carbonyl (C=O) groups is 1. The Hall–Kier alpha value is -1.57. The van der Waals surface area contributed by atoms with Gasteiger partial charge in [0.25, 0.3) is 0 Å². The van der Waals surface area contributed by atoms with Crippen LogP contribution in [0.2, 0.25) is 0 Å². The van der Waals surface area contributed by atoms with Gasteiger partial charge in [-0.3, -0.25) is 4.79 Å². The van der Waals surface area contributed by atoms with Gasteiger partial charge in [-0.15, -0.1) is 12.4 Å². The quantitative estimate of drug-likeness (QED) is 0.777. The highest BCUT2D eigenvalue weighted by molar-refractivity contribution is 7.90. The van der Waals surface area contributed by atoms with Gasteiger partial charge in [0.1, 0.15) is 9.84 Å². The summed E-state index contributed by atoms with van der Waals surface area (Å²) in [7, 11) is -3.12. The van der Waals surface area contributed by atoms with E-state index in [-0.39, 0.29) is 30.5 Å². The number of sulfone groups is 1. The zero-order valence-corrected chi connectivity index (χ0v) is 15.5. The molecule has 1 amide bonds. The van der Waals surface area contributed by atoms with Crippen LogP contribution in [0.25, 0.3) is 10.9 Å². The summed E-state index contributed by atoms with van der Waals surface area (Å²) in [6.45, 7) is 3.02. The number of rotatable bonds is 7. The minimum atomic E-state index is -3.12. The van der Waals surface area contributed by atoms with Crippen molar-refractivity contribution in [2.45, 2.75) is 32.4 Å². The van der Waals surface area contributed by atoms with Gasteiger partial charge in [0.05, 0.1) is 17.3 Å². The molecule has 1 heterocycles. The SMILES string of the molecule is CCCn1ccc2ccc(NC(=O)C(N)CCS(C)(=O)=O)cc21.Cl. The highest BCUT2D eigenvalue weighted by atomic mass is 35.5. The lowest BCUT2D eigenvalue weighted by atomic mass is 10.2. The van der Waals surface area contributed by atoms with E-state index in [1.54, 1.807) is 0 Å². The first-order valence-corrected chi connectivity index (χ1v) is 9.69. The van der Waals surface area contributed by atoms with Crippen LogP contribution in [0.3, 0.4) is 0 Å². The molecule has 6 nitrogen and oxygen atoms in total. The van der Waals surface area contributed by atoms with Crippen LogP contribution in [0, 0.1) is 0 Å². The normalized spacial score (nSPS) is 12.6. The first-order chi connectivity index (χ1) is 10.8. The highest BCUT2D eigenvalue weighted by Crippen LogP contribution is 2.21. The Morgan fingerprint density at radius 3 is 2.67 bits per heavy atom. The van der Waals surface area contributed by atoms with E-state index < -0.39 is 15.9 Å². The average Bonchev–Trinajstić information content (AvgIpc) is 2.87. The van der Waals surface area contributed by atoms with E-state index in [0.717, 1.165) is 30.1 Å². The summed E-state index contributed by atoms with van der Waals surface area (Å²) in [6.07, 6.45) is 4.29. The van der Waals surface area contributed by atoms with E-state index in [0.29, 0.717) is 5.69 Å². The number of benzene rings is 1. The number of fused-ring (bicyclic) bond motifs is 1. The third-order valence-electron chi connectivity index (χ3n) is 3.64. The summed E-state index contributed by atoms with van der Waals surface area (Å²) in [5.74, 6) is -0.471. The molecule has 0 aliphatic heterocycles. The molecule has 0 spiro atoms. The number of amides is 1. The maximum Gasteiger partial charge on any atom is 0.241 e. The van der Waals surface area contributed by atoms with E-state index in [1.807, 2.05) is 30.5 Å². The van der Waals surface area contributed by atoms with Crippen molar-refractivity contribution in [1.29, 1.82) is 0 Å². The lowest BCUT2D eigenvalue weighted by molar-refractivity contribution is -0.117. The van der Waals surface area contributed by atoms with Crippen LogP contribution in [0.5, 0.6) is 0 Å². The molecule has 0 bridgehead atoms. The molecule has 1 aromatic carbocycles. The summed E-state index contributed by atoms with van der Waals surface area (Å²) in [4.78, 5) is 12.1. The van der Waals surface area contributed by atoms with E-state index in [4.69, 9.17) is 5.73 Å². The molecule has 0 fully saturated rings.